The molecule has 0 radical (unpaired) electrons. The van der Waals surface area contributed by atoms with E-state index >= 15 is 0 Å². The minimum Gasteiger partial charge on any atom is -0.327 e. The van der Waals surface area contributed by atoms with E-state index in [1.54, 1.807) is 0 Å². The molecule has 1 amide bonds. The summed E-state index contributed by atoms with van der Waals surface area (Å²) in [6, 6.07) is -0.0541. The molecule has 2 rings (SSSR count). The molecule has 1 aromatic rings. The van der Waals surface area contributed by atoms with Gasteiger partial charge in [0, 0.05) is 6.04 Å². The number of carbonyl (C=O) groups excluding carboxylic acids is 1. The van der Waals surface area contributed by atoms with Gasteiger partial charge in [-0.25, -0.2) is 0 Å². The molecule has 16 heavy (non-hydrogen) atoms. The molecule has 1 aliphatic rings. The lowest BCUT2D eigenvalue weighted by Crippen LogP contribution is -2.44. The Morgan fingerprint density at radius 3 is 2.88 bits per heavy atom. The van der Waals surface area contributed by atoms with E-state index in [0.717, 1.165) is 24.3 Å². The van der Waals surface area contributed by atoms with Crippen LogP contribution in [-0.4, -0.2) is 22.1 Å². The third-order valence-corrected chi connectivity index (χ3v) is 4.05. The van der Waals surface area contributed by atoms with Crippen LogP contribution >= 0.6 is 11.3 Å². The van der Waals surface area contributed by atoms with Crippen molar-refractivity contribution in [3.8, 4) is 0 Å². The van der Waals surface area contributed by atoms with Gasteiger partial charge in [0.1, 0.15) is 5.01 Å². The Morgan fingerprint density at radius 2 is 2.38 bits per heavy atom. The van der Waals surface area contributed by atoms with Crippen LogP contribution in [0.5, 0.6) is 0 Å². The van der Waals surface area contributed by atoms with Crippen molar-refractivity contribution in [2.24, 2.45) is 11.1 Å². The van der Waals surface area contributed by atoms with Crippen LogP contribution in [0.2, 0.25) is 0 Å². The minimum atomic E-state index is -0.459. The van der Waals surface area contributed by atoms with E-state index in [1.165, 1.54) is 11.3 Å². The fourth-order valence-electron chi connectivity index (χ4n) is 2.06. The van der Waals surface area contributed by atoms with Crippen LogP contribution in [0.25, 0.3) is 0 Å². The molecule has 2 unspecified atom stereocenters. The summed E-state index contributed by atoms with van der Waals surface area (Å²) in [5.41, 5.74) is 5.52. The minimum absolute atomic E-state index is 0.0337. The summed E-state index contributed by atoms with van der Waals surface area (Å²) in [6.07, 6.45) is 2.77. The number of rotatable bonds is 2. The van der Waals surface area contributed by atoms with E-state index in [9.17, 15) is 4.79 Å². The molecule has 88 valence electrons. The van der Waals surface area contributed by atoms with Gasteiger partial charge in [-0.2, -0.15) is 0 Å². The Balaban J connectivity index is 2.08. The smallest absolute Gasteiger partial charge is 0.233 e. The average molecular weight is 240 g/mol. The van der Waals surface area contributed by atoms with Gasteiger partial charge in [-0.15, -0.1) is 10.2 Å². The molecule has 1 saturated carbocycles. The molecule has 0 aliphatic heterocycles. The monoisotopic (exact) mass is 240 g/mol. The van der Waals surface area contributed by atoms with E-state index in [0.29, 0.717) is 5.13 Å². The van der Waals surface area contributed by atoms with E-state index in [1.807, 2.05) is 13.8 Å². The zero-order chi connectivity index (χ0) is 11.8. The Hall–Kier alpha value is -1.01. The normalized spacial score (nSPS) is 29.3. The fraction of sp³-hybridized carbons (Fsp3) is 0.700. The van der Waals surface area contributed by atoms with Gasteiger partial charge in [0.05, 0.1) is 5.41 Å². The van der Waals surface area contributed by atoms with Crippen LogP contribution in [0.4, 0.5) is 5.13 Å². The summed E-state index contributed by atoms with van der Waals surface area (Å²) >= 11 is 1.38. The van der Waals surface area contributed by atoms with Gasteiger partial charge in [-0.3, -0.25) is 10.1 Å². The Kier molecular flexibility index (Phi) is 2.94. The first-order chi connectivity index (χ1) is 7.52. The lowest BCUT2D eigenvalue weighted by atomic mass is 9.84. The summed E-state index contributed by atoms with van der Waals surface area (Å²) in [5.74, 6) is -0.0337. The largest absolute Gasteiger partial charge is 0.327 e. The van der Waals surface area contributed by atoms with Crippen molar-refractivity contribution in [1.82, 2.24) is 10.2 Å². The van der Waals surface area contributed by atoms with Gasteiger partial charge in [-0.1, -0.05) is 17.8 Å². The van der Waals surface area contributed by atoms with Crippen molar-refractivity contribution in [3.63, 3.8) is 0 Å². The quantitative estimate of drug-likeness (QED) is 0.816. The van der Waals surface area contributed by atoms with Crippen LogP contribution in [0, 0.1) is 12.3 Å². The summed E-state index contributed by atoms with van der Waals surface area (Å²) in [7, 11) is 0. The zero-order valence-electron chi connectivity index (χ0n) is 9.49. The number of hydrogen-bond donors (Lipinski definition) is 2. The van der Waals surface area contributed by atoms with Crippen LogP contribution in [0.15, 0.2) is 0 Å². The fourth-order valence-corrected chi connectivity index (χ4v) is 2.65. The van der Waals surface area contributed by atoms with Crippen LogP contribution in [0.3, 0.4) is 0 Å². The van der Waals surface area contributed by atoms with Crippen molar-refractivity contribution in [1.29, 1.82) is 0 Å². The first kappa shape index (κ1) is 11.5. The highest BCUT2D eigenvalue weighted by Crippen LogP contribution is 2.37. The van der Waals surface area contributed by atoms with E-state index in [4.69, 9.17) is 5.73 Å². The lowest BCUT2D eigenvalue weighted by molar-refractivity contribution is -0.125. The number of amides is 1. The van der Waals surface area contributed by atoms with Crippen LogP contribution in [0.1, 0.15) is 31.2 Å². The molecule has 1 aliphatic carbocycles. The average Bonchev–Trinajstić information content (AvgIpc) is 2.76. The highest BCUT2D eigenvalue weighted by molar-refractivity contribution is 7.15. The predicted octanol–water partition coefficient (Wildman–Crippen LogP) is 1.30. The second-order valence-electron chi connectivity index (χ2n) is 4.50. The predicted molar refractivity (Wildman–Crippen MR) is 63.2 cm³/mol. The van der Waals surface area contributed by atoms with Crippen molar-refractivity contribution >= 4 is 22.4 Å². The molecule has 0 bridgehead atoms. The maximum Gasteiger partial charge on any atom is 0.233 e. The summed E-state index contributed by atoms with van der Waals surface area (Å²) < 4.78 is 0. The van der Waals surface area contributed by atoms with Crippen molar-refractivity contribution in [2.45, 2.75) is 39.2 Å². The maximum atomic E-state index is 12.1. The summed E-state index contributed by atoms with van der Waals surface area (Å²) in [6.45, 7) is 3.78. The number of aromatic nitrogens is 2. The van der Waals surface area contributed by atoms with E-state index in [-0.39, 0.29) is 11.9 Å². The van der Waals surface area contributed by atoms with Crippen molar-refractivity contribution < 1.29 is 4.79 Å². The number of anilines is 1. The summed E-state index contributed by atoms with van der Waals surface area (Å²) in [5, 5.41) is 11.9. The SMILES string of the molecule is Cc1nnc(NC(=O)C2(C)CCCC2N)s1. The van der Waals surface area contributed by atoms with Crippen LogP contribution < -0.4 is 11.1 Å². The molecular weight excluding hydrogens is 224 g/mol. The number of nitrogens with two attached hydrogens (primary N) is 1. The number of aryl methyl sites for hydroxylation is 1. The Labute approximate surface area is 98.4 Å². The molecular formula is C10H16N4OS. The molecule has 3 N–H and O–H groups in total. The molecule has 0 saturated heterocycles. The molecule has 0 spiro atoms. The Morgan fingerprint density at radius 1 is 1.62 bits per heavy atom. The topological polar surface area (TPSA) is 80.9 Å². The molecule has 2 atom stereocenters. The molecule has 6 heteroatoms. The number of nitrogens with one attached hydrogen (secondary N) is 1. The van der Waals surface area contributed by atoms with Crippen LogP contribution in [-0.2, 0) is 4.79 Å². The maximum absolute atomic E-state index is 12.1. The van der Waals surface area contributed by atoms with Gasteiger partial charge in [0.25, 0.3) is 0 Å². The third kappa shape index (κ3) is 1.94. The van der Waals surface area contributed by atoms with E-state index in [2.05, 4.69) is 15.5 Å². The number of carbonyl (C=O) groups is 1. The lowest BCUT2D eigenvalue weighted by Gasteiger charge is -2.26. The highest BCUT2D eigenvalue weighted by atomic mass is 32.1. The molecule has 1 heterocycles. The summed E-state index contributed by atoms with van der Waals surface area (Å²) in [4.78, 5) is 12.1. The first-order valence-corrected chi connectivity index (χ1v) is 6.21. The highest BCUT2D eigenvalue weighted by Gasteiger charge is 2.43. The number of nitrogens with zero attached hydrogens (tertiary/aromatic N) is 2. The second kappa shape index (κ2) is 4.10. The van der Waals surface area contributed by atoms with Crippen molar-refractivity contribution in [3.05, 3.63) is 5.01 Å². The van der Waals surface area contributed by atoms with Crippen molar-refractivity contribution in [2.75, 3.05) is 5.32 Å². The van der Waals surface area contributed by atoms with Gasteiger partial charge in [0.2, 0.25) is 11.0 Å². The standard InChI is InChI=1S/C10H16N4OS/c1-6-13-14-9(16-6)12-8(15)10(2)5-3-4-7(10)11/h7H,3-5,11H2,1-2H3,(H,12,14,15). The van der Waals surface area contributed by atoms with Gasteiger partial charge in [0.15, 0.2) is 0 Å². The Bertz CT molecular complexity index is 405. The van der Waals surface area contributed by atoms with Gasteiger partial charge in [-0.05, 0) is 26.7 Å². The van der Waals surface area contributed by atoms with Gasteiger partial charge < -0.3 is 5.73 Å². The molecule has 1 aromatic heterocycles. The second-order valence-corrected chi connectivity index (χ2v) is 5.68. The van der Waals surface area contributed by atoms with Gasteiger partial charge >= 0.3 is 0 Å². The first-order valence-electron chi connectivity index (χ1n) is 5.39. The molecule has 0 aromatic carbocycles. The van der Waals surface area contributed by atoms with E-state index < -0.39 is 5.41 Å². The molecule has 1 fully saturated rings. The number of hydrogen-bond acceptors (Lipinski definition) is 5. The molecule has 5 nitrogen and oxygen atoms in total. The third-order valence-electron chi connectivity index (χ3n) is 3.29. The zero-order valence-corrected chi connectivity index (χ0v) is 10.3.